The molecule has 0 spiro atoms. The fourth-order valence-electron chi connectivity index (χ4n) is 1.97. The third-order valence-corrected chi connectivity index (χ3v) is 2.48. The van der Waals surface area contributed by atoms with Crippen LogP contribution in [0.3, 0.4) is 0 Å². The van der Waals surface area contributed by atoms with Gasteiger partial charge in [-0.05, 0) is 33.8 Å². The highest BCUT2D eigenvalue weighted by atomic mass is 16.5. The van der Waals surface area contributed by atoms with Gasteiger partial charge in [-0.1, -0.05) is 6.58 Å². The van der Waals surface area contributed by atoms with E-state index in [1.807, 2.05) is 33.8 Å². The van der Waals surface area contributed by atoms with E-state index in [0.717, 1.165) is 5.76 Å². The zero-order valence-corrected chi connectivity index (χ0v) is 9.37. The average Bonchev–Trinajstić information content (AvgIpc) is 1.99. The van der Waals surface area contributed by atoms with Crippen molar-refractivity contribution in [1.29, 1.82) is 0 Å². The molecule has 1 rings (SSSR count). The maximum atomic E-state index is 9.96. The molecule has 0 amide bonds. The lowest BCUT2D eigenvalue weighted by Crippen LogP contribution is -2.55. The predicted octanol–water partition coefficient (Wildman–Crippen LogP) is 2.68. The first-order valence-electron chi connectivity index (χ1n) is 4.78. The molecular weight excluding hydrogens is 178 g/mol. The van der Waals surface area contributed by atoms with Gasteiger partial charge < -0.3 is 9.94 Å². The van der Waals surface area contributed by atoms with Gasteiger partial charge in [0.1, 0.15) is 5.76 Å². The topological polar surface area (TPSA) is 32.7 Å². The monoisotopic (exact) mass is 197 g/mol. The molecule has 1 aliphatic rings. The summed E-state index contributed by atoms with van der Waals surface area (Å²) < 4.78 is 5.29. The van der Waals surface area contributed by atoms with Gasteiger partial charge in [0.2, 0.25) is 0 Å². The summed E-state index contributed by atoms with van der Waals surface area (Å²) in [5, 5.41) is 11.3. The number of nitrogens with zero attached hydrogens (tertiary/aromatic N) is 1. The Morgan fingerprint density at radius 3 is 2.50 bits per heavy atom. The molecule has 14 heavy (non-hydrogen) atoms. The molecule has 0 saturated carbocycles. The number of hydrogen-bond donors (Lipinski definition) is 1. The summed E-state index contributed by atoms with van der Waals surface area (Å²) in [5.74, 6) is 0.861. The first kappa shape index (κ1) is 11.3. The smallest absolute Gasteiger partial charge is 0.103 e. The molecule has 1 N–H and O–H groups in total. The minimum absolute atomic E-state index is 0.309. The first-order chi connectivity index (χ1) is 6.29. The van der Waals surface area contributed by atoms with Crippen LogP contribution in [0, 0.1) is 0 Å². The molecule has 0 bridgehead atoms. The summed E-state index contributed by atoms with van der Waals surface area (Å²) in [4.78, 5) is 0. The minimum Gasteiger partial charge on any atom is -0.470 e. The second-order valence-corrected chi connectivity index (χ2v) is 4.85. The summed E-state index contributed by atoms with van der Waals surface area (Å²) in [6.45, 7) is 11.4. The van der Waals surface area contributed by atoms with Crippen LogP contribution >= 0.6 is 0 Å². The number of ether oxygens (including phenoxy) is 1. The second-order valence-electron chi connectivity index (χ2n) is 4.85. The van der Waals surface area contributed by atoms with Crippen LogP contribution in [0.2, 0.25) is 0 Å². The molecule has 0 aliphatic carbocycles. The molecule has 0 saturated heterocycles. The number of hydroxylamine groups is 2. The van der Waals surface area contributed by atoms with E-state index >= 15 is 0 Å². The van der Waals surface area contributed by atoms with Crippen LogP contribution in [-0.4, -0.2) is 21.3 Å². The number of rotatable bonds is 2. The van der Waals surface area contributed by atoms with Crippen molar-refractivity contribution in [3.8, 4) is 0 Å². The van der Waals surface area contributed by atoms with Crippen molar-refractivity contribution in [2.45, 2.75) is 45.2 Å². The quantitative estimate of drug-likeness (QED) is 0.691. The zero-order valence-electron chi connectivity index (χ0n) is 9.37. The number of hydrogen-bond acceptors (Lipinski definition) is 3. The summed E-state index contributed by atoms with van der Waals surface area (Å²) >= 11 is 0. The van der Waals surface area contributed by atoms with Gasteiger partial charge in [0, 0.05) is 12.0 Å². The highest BCUT2D eigenvalue weighted by Gasteiger charge is 2.41. The Balaban J connectivity index is 2.99. The van der Waals surface area contributed by atoms with Crippen molar-refractivity contribution in [1.82, 2.24) is 5.06 Å². The Labute approximate surface area is 85.6 Å². The Bertz CT molecular complexity index is 266. The second kappa shape index (κ2) is 3.41. The van der Waals surface area contributed by atoms with E-state index in [4.69, 9.17) is 4.74 Å². The van der Waals surface area contributed by atoms with Crippen LogP contribution in [0.25, 0.3) is 0 Å². The van der Waals surface area contributed by atoms with E-state index in [2.05, 4.69) is 6.58 Å². The molecule has 0 radical (unpaired) electrons. The van der Waals surface area contributed by atoms with Gasteiger partial charge in [0.25, 0.3) is 0 Å². The molecule has 0 aromatic rings. The van der Waals surface area contributed by atoms with E-state index in [1.165, 1.54) is 11.3 Å². The summed E-state index contributed by atoms with van der Waals surface area (Å²) in [5.41, 5.74) is -0.712. The SMILES string of the molecule is C=COC1=CC(C)(C)N(O)C(C)(C)C1. The van der Waals surface area contributed by atoms with Crippen molar-refractivity contribution in [2.24, 2.45) is 0 Å². The lowest BCUT2D eigenvalue weighted by molar-refractivity contribution is -0.217. The van der Waals surface area contributed by atoms with E-state index in [9.17, 15) is 5.21 Å². The van der Waals surface area contributed by atoms with Crippen molar-refractivity contribution in [3.63, 3.8) is 0 Å². The summed E-state index contributed by atoms with van der Waals surface area (Å²) in [6.07, 6.45) is 4.02. The lowest BCUT2D eigenvalue weighted by atomic mass is 9.86. The Morgan fingerprint density at radius 1 is 1.50 bits per heavy atom. The van der Waals surface area contributed by atoms with Gasteiger partial charge in [-0.25, -0.2) is 0 Å². The van der Waals surface area contributed by atoms with Crippen molar-refractivity contribution >= 4 is 0 Å². The van der Waals surface area contributed by atoms with E-state index in [1.54, 1.807) is 0 Å². The average molecular weight is 197 g/mol. The van der Waals surface area contributed by atoms with Crippen molar-refractivity contribution in [3.05, 3.63) is 24.7 Å². The van der Waals surface area contributed by atoms with Gasteiger partial charge in [0.05, 0.1) is 11.8 Å². The highest BCUT2D eigenvalue weighted by Crippen LogP contribution is 2.35. The van der Waals surface area contributed by atoms with Crippen LogP contribution in [0.5, 0.6) is 0 Å². The Hall–Kier alpha value is -0.800. The molecule has 1 aliphatic heterocycles. The van der Waals surface area contributed by atoms with E-state index < -0.39 is 5.54 Å². The van der Waals surface area contributed by atoms with Crippen LogP contribution < -0.4 is 0 Å². The van der Waals surface area contributed by atoms with Gasteiger partial charge in [-0.15, -0.1) is 0 Å². The zero-order chi connectivity index (χ0) is 11.0. The summed E-state index contributed by atoms with van der Waals surface area (Å²) in [7, 11) is 0. The Kier molecular flexibility index (Phi) is 2.74. The molecule has 3 nitrogen and oxygen atoms in total. The fraction of sp³-hybridized carbons (Fsp3) is 0.636. The molecule has 0 atom stereocenters. The molecule has 3 heteroatoms. The maximum Gasteiger partial charge on any atom is 0.103 e. The normalized spacial score (nSPS) is 25.4. The predicted molar refractivity (Wildman–Crippen MR) is 55.8 cm³/mol. The Morgan fingerprint density at radius 2 is 2.07 bits per heavy atom. The molecule has 80 valence electrons. The standard InChI is InChI=1S/C11H19NO2/c1-6-14-9-7-10(2,3)12(13)11(4,5)8-9/h6-7,13H,1,8H2,2-5H3. The van der Waals surface area contributed by atoms with Crippen LogP contribution in [0.4, 0.5) is 0 Å². The third-order valence-electron chi connectivity index (χ3n) is 2.48. The van der Waals surface area contributed by atoms with Crippen LogP contribution in [-0.2, 0) is 4.74 Å². The van der Waals surface area contributed by atoms with E-state index in [0.29, 0.717) is 6.42 Å². The molecule has 0 aromatic carbocycles. The fourth-order valence-corrected chi connectivity index (χ4v) is 1.97. The van der Waals surface area contributed by atoms with E-state index in [-0.39, 0.29) is 5.54 Å². The minimum atomic E-state index is -0.403. The molecule has 0 aromatic heterocycles. The van der Waals surface area contributed by atoms with Crippen molar-refractivity contribution < 1.29 is 9.94 Å². The van der Waals surface area contributed by atoms with Crippen LogP contribution in [0.1, 0.15) is 34.1 Å². The largest absolute Gasteiger partial charge is 0.470 e. The molecular formula is C11H19NO2. The van der Waals surface area contributed by atoms with Gasteiger partial charge in [0.15, 0.2) is 0 Å². The lowest BCUT2D eigenvalue weighted by Gasteiger charge is -2.46. The molecule has 0 unspecified atom stereocenters. The van der Waals surface area contributed by atoms with Crippen molar-refractivity contribution in [2.75, 3.05) is 0 Å². The highest BCUT2D eigenvalue weighted by molar-refractivity contribution is 5.16. The molecule has 0 fully saturated rings. The molecule has 1 heterocycles. The summed E-state index contributed by atoms with van der Waals surface area (Å²) in [6, 6.07) is 0. The first-order valence-corrected chi connectivity index (χ1v) is 4.78. The van der Waals surface area contributed by atoms with Gasteiger partial charge in [-0.2, -0.15) is 5.06 Å². The third kappa shape index (κ3) is 1.99. The van der Waals surface area contributed by atoms with Gasteiger partial charge >= 0.3 is 0 Å². The maximum absolute atomic E-state index is 9.96. The van der Waals surface area contributed by atoms with Gasteiger partial charge in [-0.3, -0.25) is 0 Å². The van der Waals surface area contributed by atoms with Crippen LogP contribution in [0.15, 0.2) is 24.7 Å².